The lowest BCUT2D eigenvalue weighted by atomic mass is 10.5. The minimum absolute atomic E-state index is 0.0625. The van der Waals surface area contributed by atoms with Gasteiger partial charge in [0.05, 0.1) is 13.0 Å². The third kappa shape index (κ3) is 7.36. The van der Waals surface area contributed by atoms with E-state index in [0.717, 1.165) is 0 Å². The summed E-state index contributed by atoms with van der Waals surface area (Å²) < 4.78 is 16.0. The van der Waals surface area contributed by atoms with E-state index in [4.69, 9.17) is 5.11 Å². The number of ether oxygens (including phenoxy) is 1. The molecule has 1 atom stereocenters. The third-order valence-electron chi connectivity index (χ3n) is 0.663. The van der Waals surface area contributed by atoms with Crippen LogP contribution in [0.4, 0.5) is 4.39 Å². The molecule has 0 aromatic rings. The second-order valence-electron chi connectivity index (χ2n) is 1.56. The van der Waals surface area contributed by atoms with Gasteiger partial charge in [-0.15, -0.1) is 0 Å². The maximum Gasteiger partial charge on any atom is 0.305 e. The van der Waals surface area contributed by atoms with Gasteiger partial charge in [0.25, 0.3) is 0 Å². The van der Waals surface area contributed by atoms with Crippen molar-refractivity contribution < 1.29 is 19.0 Å². The number of rotatable bonds is 4. The second kappa shape index (κ2) is 4.26. The SMILES string of the molecule is CC(F)OCCC(=O)O. The number of alkyl halides is 1. The number of carbonyl (C=O) groups is 1. The first-order valence-corrected chi connectivity index (χ1v) is 2.60. The van der Waals surface area contributed by atoms with Crippen molar-refractivity contribution >= 4 is 5.97 Å². The van der Waals surface area contributed by atoms with Gasteiger partial charge in [-0.25, -0.2) is 4.39 Å². The molecule has 4 heteroatoms. The molecule has 0 heterocycles. The van der Waals surface area contributed by atoms with E-state index >= 15 is 0 Å². The van der Waals surface area contributed by atoms with Gasteiger partial charge in [0, 0.05) is 0 Å². The molecule has 0 bridgehead atoms. The number of carboxylic acid groups (broad SMARTS) is 1. The molecule has 0 saturated carbocycles. The lowest BCUT2D eigenvalue weighted by molar-refractivity contribution is -0.139. The zero-order chi connectivity index (χ0) is 7.28. The van der Waals surface area contributed by atoms with Gasteiger partial charge in [-0.2, -0.15) is 0 Å². The van der Waals surface area contributed by atoms with Crippen LogP contribution in [0.1, 0.15) is 13.3 Å². The number of aliphatic carboxylic acids is 1. The molecule has 0 saturated heterocycles. The summed E-state index contributed by atoms with van der Waals surface area (Å²) in [6.45, 7) is 1.15. The van der Waals surface area contributed by atoms with Gasteiger partial charge >= 0.3 is 5.97 Å². The molecule has 0 aliphatic carbocycles. The summed E-state index contributed by atoms with van der Waals surface area (Å²) in [6, 6.07) is 0. The zero-order valence-corrected chi connectivity index (χ0v) is 5.13. The van der Waals surface area contributed by atoms with Crippen molar-refractivity contribution in [3.05, 3.63) is 0 Å². The second-order valence-corrected chi connectivity index (χ2v) is 1.56. The maximum absolute atomic E-state index is 11.7. The fourth-order valence-corrected chi connectivity index (χ4v) is 0.309. The molecular formula is C5H9FO3. The fourth-order valence-electron chi connectivity index (χ4n) is 0.309. The quantitative estimate of drug-likeness (QED) is 0.621. The molecule has 0 spiro atoms. The van der Waals surface area contributed by atoms with Crippen LogP contribution in [-0.2, 0) is 9.53 Å². The van der Waals surface area contributed by atoms with E-state index in [1.165, 1.54) is 6.92 Å². The summed E-state index contributed by atoms with van der Waals surface area (Å²) in [7, 11) is 0. The average molecular weight is 136 g/mol. The Bertz CT molecular complexity index is 92.2. The highest BCUT2D eigenvalue weighted by molar-refractivity contribution is 5.66. The van der Waals surface area contributed by atoms with E-state index in [1.807, 2.05) is 0 Å². The minimum atomic E-state index is -1.37. The summed E-state index contributed by atoms with van der Waals surface area (Å²) >= 11 is 0. The Morgan fingerprint density at radius 3 is 2.78 bits per heavy atom. The predicted molar refractivity (Wildman–Crippen MR) is 28.8 cm³/mol. The van der Waals surface area contributed by atoms with E-state index in [0.29, 0.717) is 0 Å². The smallest absolute Gasteiger partial charge is 0.305 e. The lowest BCUT2D eigenvalue weighted by Crippen LogP contribution is -2.06. The molecule has 0 aromatic heterocycles. The monoisotopic (exact) mass is 136 g/mol. The van der Waals surface area contributed by atoms with Crippen molar-refractivity contribution in [3.8, 4) is 0 Å². The topological polar surface area (TPSA) is 46.5 Å². The van der Waals surface area contributed by atoms with E-state index in [-0.39, 0.29) is 13.0 Å². The van der Waals surface area contributed by atoms with Crippen LogP contribution in [0, 0.1) is 0 Å². The van der Waals surface area contributed by atoms with Gasteiger partial charge in [-0.3, -0.25) is 4.79 Å². The Hall–Kier alpha value is -0.640. The van der Waals surface area contributed by atoms with E-state index < -0.39 is 12.3 Å². The highest BCUT2D eigenvalue weighted by Crippen LogP contribution is 1.91. The third-order valence-corrected chi connectivity index (χ3v) is 0.663. The van der Waals surface area contributed by atoms with Crippen LogP contribution in [0.3, 0.4) is 0 Å². The van der Waals surface area contributed by atoms with Crippen LogP contribution in [-0.4, -0.2) is 24.0 Å². The standard InChI is InChI=1S/C5H9FO3/c1-4(6)9-3-2-5(7)8/h4H,2-3H2,1H3,(H,7,8). The van der Waals surface area contributed by atoms with E-state index in [2.05, 4.69) is 4.74 Å². The molecule has 3 nitrogen and oxygen atoms in total. The molecular weight excluding hydrogens is 127 g/mol. The Morgan fingerprint density at radius 2 is 2.44 bits per heavy atom. The van der Waals surface area contributed by atoms with Gasteiger partial charge in [0.15, 0.2) is 6.36 Å². The van der Waals surface area contributed by atoms with Crippen LogP contribution in [0.5, 0.6) is 0 Å². The van der Waals surface area contributed by atoms with Crippen LogP contribution in [0.25, 0.3) is 0 Å². The summed E-state index contributed by atoms with van der Waals surface area (Å²) in [5.74, 6) is -0.976. The molecule has 0 radical (unpaired) electrons. The number of hydrogen-bond acceptors (Lipinski definition) is 2. The first kappa shape index (κ1) is 8.36. The molecule has 0 aromatic carbocycles. The Balaban J connectivity index is 3.01. The zero-order valence-electron chi connectivity index (χ0n) is 5.13. The summed E-state index contributed by atoms with van der Waals surface area (Å²) in [4.78, 5) is 9.78. The fraction of sp³-hybridized carbons (Fsp3) is 0.800. The molecule has 0 aliphatic rings. The summed E-state index contributed by atoms with van der Waals surface area (Å²) in [5, 5.41) is 8.02. The number of carboxylic acids is 1. The molecule has 1 unspecified atom stereocenters. The van der Waals surface area contributed by atoms with E-state index in [1.54, 1.807) is 0 Å². The van der Waals surface area contributed by atoms with Crippen molar-refractivity contribution in [2.45, 2.75) is 19.7 Å². The first-order valence-electron chi connectivity index (χ1n) is 2.60. The van der Waals surface area contributed by atoms with Crippen LogP contribution >= 0.6 is 0 Å². The minimum Gasteiger partial charge on any atom is -0.481 e. The Morgan fingerprint density at radius 1 is 1.89 bits per heavy atom. The normalized spacial score (nSPS) is 13.1. The van der Waals surface area contributed by atoms with Gasteiger partial charge in [0.2, 0.25) is 0 Å². The number of halogens is 1. The highest BCUT2D eigenvalue weighted by Gasteiger charge is 1.99. The van der Waals surface area contributed by atoms with Crippen LogP contribution in [0.2, 0.25) is 0 Å². The molecule has 54 valence electrons. The van der Waals surface area contributed by atoms with Gasteiger partial charge in [-0.05, 0) is 6.92 Å². The highest BCUT2D eigenvalue weighted by atomic mass is 19.1. The summed E-state index contributed by atoms with van der Waals surface area (Å²) in [6.07, 6.45) is -1.52. The average Bonchev–Trinajstić information content (AvgIpc) is 1.63. The van der Waals surface area contributed by atoms with Crippen molar-refractivity contribution in [2.75, 3.05) is 6.61 Å². The Kier molecular flexibility index (Phi) is 3.96. The Labute approximate surface area is 52.4 Å². The summed E-state index contributed by atoms with van der Waals surface area (Å²) in [5.41, 5.74) is 0. The van der Waals surface area contributed by atoms with Gasteiger partial charge < -0.3 is 9.84 Å². The molecule has 1 N–H and O–H groups in total. The van der Waals surface area contributed by atoms with Crippen molar-refractivity contribution in [3.63, 3.8) is 0 Å². The number of hydrogen-bond donors (Lipinski definition) is 1. The van der Waals surface area contributed by atoms with Crippen molar-refractivity contribution in [1.82, 2.24) is 0 Å². The van der Waals surface area contributed by atoms with E-state index in [9.17, 15) is 9.18 Å². The molecule has 0 amide bonds. The van der Waals surface area contributed by atoms with Crippen LogP contribution < -0.4 is 0 Å². The molecule has 9 heavy (non-hydrogen) atoms. The van der Waals surface area contributed by atoms with Gasteiger partial charge in [-0.1, -0.05) is 0 Å². The van der Waals surface area contributed by atoms with Gasteiger partial charge in [0.1, 0.15) is 0 Å². The lowest BCUT2D eigenvalue weighted by Gasteiger charge is -2.00. The van der Waals surface area contributed by atoms with Crippen molar-refractivity contribution in [2.24, 2.45) is 0 Å². The molecule has 0 aliphatic heterocycles. The largest absolute Gasteiger partial charge is 0.481 e. The van der Waals surface area contributed by atoms with Crippen molar-refractivity contribution in [1.29, 1.82) is 0 Å². The van der Waals surface area contributed by atoms with Crippen LogP contribution in [0.15, 0.2) is 0 Å². The molecule has 0 fully saturated rings. The maximum atomic E-state index is 11.7. The predicted octanol–water partition coefficient (Wildman–Crippen LogP) is 0.793. The first-order chi connectivity index (χ1) is 4.13. The molecule has 0 rings (SSSR count).